The second-order valence-electron chi connectivity index (χ2n) is 8.68. The van der Waals surface area contributed by atoms with Gasteiger partial charge in [0, 0.05) is 39.3 Å². The van der Waals surface area contributed by atoms with Gasteiger partial charge in [0.15, 0.2) is 6.29 Å². The number of benzene rings is 2. The van der Waals surface area contributed by atoms with Gasteiger partial charge in [0.25, 0.3) is 5.91 Å². The van der Waals surface area contributed by atoms with Crippen molar-refractivity contribution >= 4 is 23.0 Å². The van der Waals surface area contributed by atoms with Crippen LogP contribution in [0, 0.1) is 0 Å². The zero-order valence-corrected chi connectivity index (χ0v) is 20.7. The first-order valence-corrected chi connectivity index (χ1v) is 11.6. The van der Waals surface area contributed by atoms with E-state index in [1.54, 1.807) is 26.4 Å². The van der Waals surface area contributed by atoms with Crippen LogP contribution in [0.1, 0.15) is 49.9 Å². The van der Waals surface area contributed by atoms with E-state index in [4.69, 9.17) is 9.47 Å². The number of phenols is 3. The lowest BCUT2D eigenvalue weighted by molar-refractivity contribution is -0.105. The molecule has 35 heavy (non-hydrogen) atoms. The van der Waals surface area contributed by atoms with Crippen molar-refractivity contribution in [3.05, 3.63) is 59.2 Å². The highest BCUT2D eigenvalue weighted by Crippen LogP contribution is 2.45. The van der Waals surface area contributed by atoms with Gasteiger partial charge in [-0.3, -0.25) is 4.79 Å². The van der Waals surface area contributed by atoms with E-state index in [0.29, 0.717) is 5.69 Å². The van der Waals surface area contributed by atoms with Crippen molar-refractivity contribution in [3.8, 4) is 17.2 Å². The fourth-order valence-corrected chi connectivity index (χ4v) is 4.02. The first-order valence-electron chi connectivity index (χ1n) is 11.6. The fourth-order valence-electron chi connectivity index (χ4n) is 4.02. The molecule has 1 aliphatic heterocycles. The van der Waals surface area contributed by atoms with E-state index in [-0.39, 0.29) is 52.9 Å². The minimum atomic E-state index is -0.349. The number of carbonyl (C=O) groups excluding carboxylic acids is 1. The number of aromatic hydroxyl groups is 3. The van der Waals surface area contributed by atoms with Crippen molar-refractivity contribution in [2.75, 3.05) is 31.0 Å². The Balaban J connectivity index is 1.76. The predicted octanol–water partition coefficient (Wildman–Crippen LogP) is 5.58. The third-order valence-corrected chi connectivity index (χ3v) is 6.09. The van der Waals surface area contributed by atoms with Gasteiger partial charge < -0.3 is 35.0 Å². The Morgan fingerprint density at radius 1 is 1.00 bits per heavy atom. The summed E-state index contributed by atoms with van der Waals surface area (Å²) in [6.07, 6.45) is 7.34. The van der Waals surface area contributed by atoms with E-state index in [9.17, 15) is 20.1 Å². The minimum Gasteiger partial charge on any atom is -0.508 e. The normalized spacial score (nSPS) is 14.0. The summed E-state index contributed by atoms with van der Waals surface area (Å²) in [7, 11) is 3.27. The Morgan fingerprint density at radius 2 is 1.71 bits per heavy atom. The lowest BCUT2D eigenvalue weighted by Crippen LogP contribution is -2.30. The van der Waals surface area contributed by atoms with Crippen molar-refractivity contribution in [2.24, 2.45) is 0 Å². The number of fused-ring (bicyclic) bond motifs is 2. The molecule has 0 aromatic heterocycles. The number of para-hydroxylation sites is 1. The second-order valence-corrected chi connectivity index (χ2v) is 8.68. The molecule has 1 aliphatic rings. The highest BCUT2D eigenvalue weighted by molar-refractivity contribution is 6.15. The summed E-state index contributed by atoms with van der Waals surface area (Å²) in [5.41, 5.74) is 3.43. The molecule has 4 N–H and O–H groups in total. The number of methoxy groups -OCH3 is 2. The lowest BCUT2D eigenvalue weighted by Gasteiger charge is -2.22. The van der Waals surface area contributed by atoms with Gasteiger partial charge in [0.1, 0.15) is 22.9 Å². The monoisotopic (exact) mass is 482 g/mol. The number of ether oxygens (including phenoxy) is 2. The molecular weight excluding hydrogens is 448 g/mol. The van der Waals surface area contributed by atoms with E-state index in [1.165, 1.54) is 28.7 Å². The molecule has 3 rings (SSSR count). The van der Waals surface area contributed by atoms with Gasteiger partial charge in [-0.1, -0.05) is 29.4 Å². The van der Waals surface area contributed by atoms with Crippen LogP contribution in [0.3, 0.4) is 0 Å². The maximum atomic E-state index is 13.4. The third-order valence-electron chi connectivity index (χ3n) is 6.09. The van der Waals surface area contributed by atoms with Crippen LogP contribution in [0.4, 0.5) is 17.1 Å². The SMILES string of the molecule is COC(CC/C(C)=C/CC/C(C)=C/CN1C(=O)c2cccc(O)c2Nc2c(O)cc(O)cc21)OC. The number of nitrogens with zero attached hydrogens (tertiary/aromatic N) is 1. The van der Waals surface area contributed by atoms with Crippen LogP contribution in [0.5, 0.6) is 17.2 Å². The molecule has 0 atom stereocenters. The van der Waals surface area contributed by atoms with Crippen molar-refractivity contribution < 1.29 is 29.6 Å². The van der Waals surface area contributed by atoms with Crippen LogP contribution in [0.2, 0.25) is 0 Å². The first kappa shape index (κ1) is 26.1. The smallest absolute Gasteiger partial charge is 0.260 e. The van der Waals surface area contributed by atoms with Gasteiger partial charge in [-0.05, 0) is 45.2 Å². The number of phenolic OH excluding ortho intramolecular Hbond substituents is 3. The molecule has 0 bridgehead atoms. The van der Waals surface area contributed by atoms with E-state index in [0.717, 1.165) is 31.3 Å². The summed E-state index contributed by atoms with van der Waals surface area (Å²) in [5.74, 6) is -0.842. The van der Waals surface area contributed by atoms with Gasteiger partial charge >= 0.3 is 0 Å². The fraction of sp³-hybridized carbons (Fsp3) is 0.370. The number of amides is 1. The summed E-state index contributed by atoms with van der Waals surface area (Å²) in [6.45, 7) is 4.34. The Labute approximate surface area is 206 Å². The molecule has 2 aromatic rings. The van der Waals surface area contributed by atoms with Crippen molar-refractivity contribution in [1.82, 2.24) is 0 Å². The molecule has 0 spiro atoms. The van der Waals surface area contributed by atoms with Crippen LogP contribution < -0.4 is 10.2 Å². The summed E-state index contributed by atoms with van der Waals surface area (Å²) in [6, 6.07) is 7.29. The van der Waals surface area contributed by atoms with Crippen LogP contribution >= 0.6 is 0 Å². The van der Waals surface area contributed by atoms with Crippen molar-refractivity contribution in [1.29, 1.82) is 0 Å². The molecule has 8 heteroatoms. The maximum Gasteiger partial charge on any atom is 0.260 e. The number of allylic oxidation sites excluding steroid dienone is 3. The van der Waals surface area contributed by atoms with E-state index >= 15 is 0 Å². The third kappa shape index (κ3) is 6.35. The zero-order chi connectivity index (χ0) is 25.5. The van der Waals surface area contributed by atoms with Gasteiger partial charge in [0.05, 0.1) is 16.9 Å². The molecule has 0 unspecified atom stereocenters. The van der Waals surface area contributed by atoms with Crippen molar-refractivity contribution in [2.45, 2.75) is 45.8 Å². The molecule has 188 valence electrons. The molecule has 1 heterocycles. The average Bonchev–Trinajstić information content (AvgIpc) is 2.94. The van der Waals surface area contributed by atoms with Crippen LogP contribution in [0.15, 0.2) is 53.6 Å². The number of hydrogen-bond donors (Lipinski definition) is 4. The lowest BCUT2D eigenvalue weighted by atomic mass is 10.1. The Hall–Kier alpha value is -3.49. The molecule has 0 saturated heterocycles. The Bertz CT molecular complexity index is 1120. The average molecular weight is 483 g/mol. The van der Waals surface area contributed by atoms with Gasteiger partial charge in [-0.2, -0.15) is 0 Å². The molecule has 0 fully saturated rings. The number of rotatable bonds is 10. The van der Waals surface area contributed by atoms with Gasteiger partial charge in [-0.15, -0.1) is 0 Å². The van der Waals surface area contributed by atoms with E-state index in [2.05, 4.69) is 18.3 Å². The van der Waals surface area contributed by atoms with Gasteiger partial charge in [-0.25, -0.2) is 0 Å². The molecule has 1 amide bonds. The highest BCUT2D eigenvalue weighted by atomic mass is 16.7. The standard InChI is InChI=1S/C27H34N2O6/c1-17(11-12-24(34-3)35-4)7-5-8-18(2)13-14-29-21-15-19(30)16-23(32)26(21)28-25-20(27(29)33)9-6-10-22(25)31/h6-7,9-10,13,15-16,24,28,30-32H,5,8,11-12,14H2,1-4H3/b17-7+,18-13+. The predicted molar refractivity (Wildman–Crippen MR) is 137 cm³/mol. The number of anilines is 3. The second kappa shape index (κ2) is 11.8. The van der Waals surface area contributed by atoms with E-state index < -0.39 is 0 Å². The maximum absolute atomic E-state index is 13.4. The van der Waals surface area contributed by atoms with Crippen LogP contribution in [-0.4, -0.2) is 48.3 Å². The van der Waals surface area contributed by atoms with Crippen LogP contribution in [0.25, 0.3) is 0 Å². The van der Waals surface area contributed by atoms with Crippen molar-refractivity contribution in [3.63, 3.8) is 0 Å². The minimum absolute atomic E-state index is 0.104. The highest BCUT2D eigenvalue weighted by Gasteiger charge is 2.29. The first-order chi connectivity index (χ1) is 16.7. The summed E-state index contributed by atoms with van der Waals surface area (Å²) < 4.78 is 10.5. The molecule has 2 aromatic carbocycles. The molecule has 0 radical (unpaired) electrons. The van der Waals surface area contributed by atoms with Crippen LogP contribution in [-0.2, 0) is 9.47 Å². The number of carbonyl (C=O) groups is 1. The molecule has 8 nitrogen and oxygen atoms in total. The van der Waals surface area contributed by atoms with E-state index in [1.807, 2.05) is 13.0 Å². The number of hydrogen-bond acceptors (Lipinski definition) is 7. The topological polar surface area (TPSA) is 111 Å². The van der Waals surface area contributed by atoms with Gasteiger partial charge in [0.2, 0.25) is 0 Å². The summed E-state index contributed by atoms with van der Waals surface area (Å²) >= 11 is 0. The Kier molecular flexibility index (Phi) is 8.78. The number of nitrogens with one attached hydrogen (secondary N) is 1. The quantitative estimate of drug-likeness (QED) is 0.151. The summed E-state index contributed by atoms with van der Waals surface area (Å²) in [5, 5.41) is 33.8. The summed E-state index contributed by atoms with van der Waals surface area (Å²) in [4.78, 5) is 14.9. The molecule has 0 aliphatic carbocycles. The zero-order valence-electron chi connectivity index (χ0n) is 20.7. The Morgan fingerprint density at radius 3 is 2.43 bits per heavy atom. The molecule has 0 saturated carbocycles. The molecular formula is C27H34N2O6. The largest absolute Gasteiger partial charge is 0.508 e.